The van der Waals surface area contributed by atoms with Crippen LogP contribution in [0.15, 0.2) is 36.5 Å². The zero-order valence-electron chi connectivity index (χ0n) is 8.42. The average Bonchev–Trinajstić information content (AvgIpc) is 2.16. The van der Waals surface area contributed by atoms with E-state index in [0.29, 0.717) is 5.41 Å². The minimum Gasteiger partial charge on any atom is -0.0988 e. The van der Waals surface area contributed by atoms with Gasteiger partial charge < -0.3 is 0 Å². The first kappa shape index (κ1) is 8.80. The molecule has 0 fully saturated rings. The fraction of sp³-hybridized carbons (Fsp3) is 0.538. The lowest BCUT2D eigenvalue weighted by atomic mass is 9.61. The van der Waals surface area contributed by atoms with E-state index in [2.05, 4.69) is 37.8 Å². The van der Waals surface area contributed by atoms with Gasteiger partial charge in [0.2, 0.25) is 0 Å². The highest BCUT2D eigenvalue weighted by atomic mass is 14.4. The first-order valence-corrected chi connectivity index (χ1v) is 5.25. The molecule has 0 aliphatic heterocycles. The van der Waals surface area contributed by atoms with E-state index in [-0.39, 0.29) is 0 Å². The number of fused-ring (bicyclic) bond motifs is 1. The van der Waals surface area contributed by atoms with Crippen LogP contribution >= 0.6 is 0 Å². The minimum atomic E-state index is 0.398. The van der Waals surface area contributed by atoms with Crippen LogP contribution in [0.2, 0.25) is 0 Å². The van der Waals surface area contributed by atoms with Gasteiger partial charge in [-0.15, -0.1) is 0 Å². The summed E-state index contributed by atoms with van der Waals surface area (Å²) >= 11 is 0. The van der Waals surface area contributed by atoms with E-state index in [1.54, 1.807) is 0 Å². The molecular weight excluding hydrogens is 156 g/mol. The van der Waals surface area contributed by atoms with Gasteiger partial charge >= 0.3 is 0 Å². The highest BCUT2D eigenvalue weighted by molar-refractivity contribution is 5.30. The van der Waals surface area contributed by atoms with E-state index in [1.807, 2.05) is 0 Å². The number of rotatable bonds is 1. The Morgan fingerprint density at radius 1 is 1.54 bits per heavy atom. The van der Waals surface area contributed by atoms with Crippen molar-refractivity contribution in [1.29, 1.82) is 0 Å². The van der Waals surface area contributed by atoms with Crippen LogP contribution in [0.25, 0.3) is 0 Å². The van der Waals surface area contributed by atoms with Crippen molar-refractivity contribution >= 4 is 0 Å². The molecule has 0 spiro atoms. The summed E-state index contributed by atoms with van der Waals surface area (Å²) in [7, 11) is 0. The van der Waals surface area contributed by atoms with E-state index < -0.39 is 0 Å². The molecule has 0 saturated carbocycles. The average molecular weight is 174 g/mol. The van der Waals surface area contributed by atoms with E-state index >= 15 is 0 Å². The molecule has 2 rings (SSSR count). The molecule has 2 aliphatic carbocycles. The summed E-state index contributed by atoms with van der Waals surface area (Å²) in [6.07, 6.45) is 14.2. The van der Waals surface area contributed by atoms with Crippen molar-refractivity contribution in [2.45, 2.75) is 32.6 Å². The van der Waals surface area contributed by atoms with Crippen LogP contribution in [0, 0.1) is 11.3 Å². The van der Waals surface area contributed by atoms with Crippen LogP contribution in [0.4, 0.5) is 0 Å². The summed E-state index contributed by atoms with van der Waals surface area (Å²) in [5.41, 5.74) is 1.88. The molecule has 2 atom stereocenters. The first-order valence-electron chi connectivity index (χ1n) is 5.25. The molecule has 2 aliphatic rings. The van der Waals surface area contributed by atoms with Gasteiger partial charge in [-0.1, -0.05) is 37.8 Å². The van der Waals surface area contributed by atoms with Gasteiger partial charge in [0.25, 0.3) is 0 Å². The summed E-state index contributed by atoms with van der Waals surface area (Å²) in [4.78, 5) is 0. The maximum Gasteiger partial charge on any atom is -0.00129 e. The van der Waals surface area contributed by atoms with Crippen molar-refractivity contribution in [2.24, 2.45) is 11.3 Å². The molecule has 70 valence electrons. The molecule has 0 radical (unpaired) electrons. The maximum absolute atomic E-state index is 3.93. The second-order valence-electron chi connectivity index (χ2n) is 4.47. The zero-order valence-corrected chi connectivity index (χ0v) is 8.42. The van der Waals surface area contributed by atoms with Crippen LogP contribution in [-0.2, 0) is 0 Å². The van der Waals surface area contributed by atoms with Gasteiger partial charge in [-0.3, -0.25) is 0 Å². The maximum atomic E-state index is 3.93. The molecule has 0 amide bonds. The molecule has 0 bridgehead atoms. The van der Waals surface area contributed by atoms with E-state index in [1.165, 1.54) is 31.3 Å². The molecule has 0 N–H and O–H groups in total. The highest BCUT2D eigenvalue weighted by Crippen LogP contribution is 2.49. The van der Waals surface area contributed by atoms with Crippen LogP contribution in [0.1, 0.15) is 32.6 Å². The molecule has 0 aromatic carbocycles. The SMILES string of the molecule is C=CC1=CCCC2CC=CCC12C. The quantitative estimate of drug-likeness (QED) is 0.529. The Morgan fingerprint density at radius 2 is 2.38 bits per heavy atom. The van der Waals surface area contributed by atoms with Crippen molar-refractivity contribution in [3.05, 3.63) is 36.5 Å². The van der Waals surface area contributed by atoms with Gasteiger partial charge in [0.05, 0.1) is 0 Å². The van der Waals surface area contributed by atoms with Crippen LogP contribution < -0.4 is 0 Å². The predicted molar refractivity (Wildman–Crippen MR) is 57.5 cm³/mol. The van der Waals surface area contributed by atoms with Crippen LogP contribution in [0.3, 0.4) is 0 Å². The zero-order chi connectivity index (χ0) is 9.31. The largest absolute Gasteiger partial charge is 0.0988 e. The third-order valence-electron chi connectivity index (χ3n) is 3.79. The topological polar surface area (TPSA) is 0 Å². The predicted octanol–water partition coefficient (Wildman–Crippen LogP) is 3.87. The lowest BCUT2D eigenvalue weighted by Gasteiger charge is -2.43. The molecule has 0 aromatic heterocycles. The third kappa shape index (κ3) is 1.29. The van der Waals surface area contributed by atoms with E-state index in [9.17, 15) is 0 Å². The summed E-state index contributed by atoms with van der Waals surface area (Å²) in [5.74, 6) is 0.857. The van der Waals surface area contributed by atoms with Gasteiger partial charge in [0.1, 0.15) is 0 Å². The lowest BCUT2D eigenvalue weighted by Crippen LogP contribution is -2.32. The standard InChI is InChI=1S/C13H18/c1-3-11-8-6-9-12-7-4-5-10-13(11,12)2/h3-5,8,12H,1,6-7,9-10H2,2H3. The Balaban J connectivity index is 2.36. The van der Waals surface area contributed by atoms with E-state index in [4.69, 9.17) is 0 Å². The molecule has 13 heavy (non-hydrogen) atoms. The van der Waals surface area contributed by atoms with Gasteiger partial charge in [-0.05, 0) is 42.6 Å². The summed E-state index contributed by atoms with van der Waals surface area (Å²) in [6.45, 7) is 6.32. The third-order valence-corrected chi connectivity index (χ3v) is 3.79. The monoisotopic (exact) mass is 174 g/mol. The van der Waals surface area contributed by atoms with Crippen LogP contribution in [-0.4, -0.2) is 0 Å². The smallest absolute Gasteiger partial charge is 0.00129 e. The van der Waals surface area contributed by atoms with Crippen molar-refractivity contribution in [3.63, 3.8) is 0 Å². The normalized spacial score (nSPS) is 37.9. The second kappa shape index (κ2) is 3.17. The molecule has 0 heteroatoms. The Labute approximate surface area is 81.0 Å². The molecule has 0 nitrogen and oxygen atoms in total. The molecule has 0 aromatic rings. The summed E-state index contributed by atoms with van der Waals surface area (Å²) in [6, 6.07) is 0. The minimum absolute atomic E-state index is 0.398. The van der Waals surface area contributed by atoms with Crippen molar-refractivity contribution in [2.75, 3.05) is 0 Å². The van der Waals surface area contributed by atoms with Crippen molar-refractivity contribution in [3.8, 4) is 0 Å². The molecular formula is C13H18. The van der Waals surface area contributed by atoms with Gasteiger partial charge in [0.15, 0.2) is 0 Å². The Bertz CT molecular complexity index is 270. The first-order chi connectivity index (χ1) is 6.27. The highest BCUT2D eigenvalue weighted by Gasteiger charge is 2.37. The Hall–Kier alpha value is -0.780. The van der Waals surface area contributed by atoms with Gasteiger partial charge in [0, 0.05) is 0 Å². The number of allylic oxidation sites excluding steroid dienone is 5. The van der Waals surface area contributed by atoms with Crippen LogP contribution in [0.5, 0.6) is 0 Å². The molecule has 0 heterocycles. The van der Waals surface area contributed by atoms with E-state index in [0.717, 1.165) is 5.92 Å². The fourth-order valence-corrected chi connectivity index (χ4v) is 2.80. The second-order valence-corrected chi connectivity index (χ2v) is 4.47. The molecule has 2 unspecified atom stereocenters. The molecule has 0 saturated heterocycles. The Kier molecular flexibility index (Phi) is 2.15. The summed E-state index contributed by atoms with van der Waals surface area (Å²) < 4.78 is 0. The fourth-order valence-electron chi connectivity index (χ4n) is 2.80. The van der Waals surface area contributed by atoms with Crippen molar-refractivity contribution in [1.82, 2.24) is 0 Å². The number of hydrogen-bond donors (Lipinski definition) is 0. The van der Waals surface area contributed by atoms with Crippen molar-refractivity contribution < 1.29 is 0 Å². The number of hydrogen-bond acceptors (Lipinski definition) is 0. The van der Waals surface area contributed by atoms with Gasteiger partial charge in [-0.2, -0.15) is 0 Å². The summed E-state index contributed by atoms with van der Waals surface area (Å²) in [5, 5.41) is 0. The Morgan fingerprint density at radius 3 is 3.15 bits per heavy atom. The lowest BCUT2D eigenvalue weighted by molar-refractivity contribution is 0.208. The van der Waals surface area contributed by atoms with Gasteiger partial charge in [-0.25, -0.2) is 0 Å².